The normalized spacial score (nSPS) is 10.3. The summed E-state index contributed by atoms with van der Waals surface area (Å²) in [6.07, 6.45) is 0.689. The Morgan fingerprint density at radius 2 is 1.80 bits per heavy atom. The average molecular weight is 292 g/mol. The fourth-order valence-corrected chi connectivity index (χ4v) is 2.13. The molecule has 106 valence electrons. The van der Waals surface area contributed by atoms with Crippen molar-refractivity contribution in [1.29, 1.82) is 0 Å². The molecule has 3 nitrogen and oxygen atoms in total. The Morgan fingerprint density at radius 1 is 1.10 bits per heavy atom. The maximum atomic E-state index is 8.87. The highest BCUT2D eigenvalue weighted by atomic mass is 35.5. The van der Waals surface area contributed by atoms with Crippen LogP contribution in [0.15, 0.2) is 42.5 Å². The van der Waals surface area contributed by atoms with Gasteiger partial charge >= 0.3 is 0 Å². The van der Waals surface area contributed by atoms with E-state index in [1.807, 2.05) is 42.5 Å². The lowest BCUT2D eigenvalue weighted by atomic mass is 10.1. The lowest BCUT2D eigenvalue weighted by molar-refractivity contribution is 0.299. The summed E-state index contributed by atoms with van der Waals surface area (Å²) < 4.78 is 5.20. The summed E-state index contributed by atoms with van der Waals surface area (Å²) in [6.45, 7) is 0.879. The predicted molar refractivity (Wildman–Crippen MR) is 82.6 cm³/mol. The predicted octanol–water partition coefficient (Wildman–Crippen LogP) is 3.50. The number of methoxy groups -OCH3 is 1. The highest BCUT2D eigenvalue weighted by molar-refractivity contribution is 6.32. The van der Waals surface area contributed by atoms with Crippen LogP contribution in [-0.2, 0) is 13.0 Å². The standard InChI is InChI=1S/C16H18ClNO2/c1-20-16-10-13(4-7-15(16)17)11-18-14-5-2-12(3-6-14)8-9-19/h2-7,10,18-19H,8-9,11H2,1H3. The van der Waals surface area contributed by atoms with E-state index in [4.69, 9.17) is 21.4 Å². The summed E-state index contributed by atoms with van der Waals surface area (Å²) in [5.74, 6) is 0.685. The van der Waals surface area contributed by atoms with Gasteiger partial charge in [0.05, 0.1) is 12.1 Å². The van der Waals surface area contributed by atoms with Crippen LogP contribution in [0.4, 0.5) is 5.69 Å². The largest absolute Gasteiger partial charge is 0.495 e. The van der Waals surface area contributed by atoms with E-state index < -0.39 is 0 Å². The SMILES string of the molecule is COc1cc(CNc2ccc(CCO)cc2)ccc1Cl. The number of hydrogen-bond acceptors (Lipinski definition) is 3. The summed E-state index contributed by atoms with van der Waals surface area (Å²) in [6, 6.07) is 13.8. The molecule has 0 aliphatic heterocycles. The molecule has 2 aromatic carbocycles. The van der Waals surface area contributed by atoms with Gasteiger partial charge in [0.1, 0.15) is 5.75 Å². The molecule has 4 heteroatoms. The van der Waals surface area contributed by atoms with Crippen molar-refractivity contribution in [3.8, 4) is 5.75 Å². The first-order valence-corrected chi connectivity index (χ1v) is 6.87. The van der Waals surface area contributed by atoms with Gasteiger partial charge in [-0.3, -0.25) is 0 Å². The Balaban J connectivity index is 1.97. The Bertz CT molecular complexity index is 555. The first kappa shape index (κ1) is 14.7. The van der Waals surface area contributed by atoms with Crippen molar-refractivity contribution in [1.82, 2.24) is 0 Å². The minimum Gasteiger partial charge on any atom is -0.495 e. The lowest BCUT2D eigenvalue weighted by Crippen LogP contribution is -2.00. The van der Waals surface area contributed by atoms with Gasteiger partial charge in [-0.25, -0.2) is 0 Å². The van der Waals surface area contributed by atoms with Gasteiger partial charge in [-0.05, 0) is 41.8 Å². The molecule has 0 saturated heterocycles. The van der Waals surface area contributed by atoms with E-state index in [9.17, 15) is 0 Å². The Hall–Kier alpha value is -1.71. The third-order valence-corrected chi connectivity index (χ3v) is 3.38. The highest BCUT2D eigenvalue weighted by Crippen LogP contribution is 2.25. The second-order valence-corrected chi connectivity index (χ2v) is 4.90. The number of halogens is 1. The van der Waals surface area contributed by atoms with Gasteiger partial charge in [-0.15, -0.1) is 0 Å². The van der Waals surface area contributed by atoms with E-state index in [1.165, 1.54) is 0 Å². The first-order chi connectivity index (χ1) is 9.72. The molecule has 0 atom stereocenters. The van der Waals surface area contributed by atoms with Gasteiger partial charge < -0.3 is 15.2 Å². The second-order valence-electron chi connectivity index (χ2n) is 4.49. The number of rotatable bonds is 6. The van der Waals surface area contributed by atoms with Crippen molar-refractivity contribution >= 4 is 17.3 Å². The number of ether oxygens (including phenoxy) is 1. The summed E-state index contributed by atoms with van der Waals surface area (Å²) in [5, 5.41) is 12.8. The Labute approximate surface area is 124 Å². The van der Waals surface area contributed by atoms with Gasteiger partial charge in [0.15, 0.2) is 0 Å². The van der Waals surface area contributed by atoms with Gasteiger partial charge in [0.25, 0.3) is 0 Å². The molecule has 0 aromatic heterocycles. The van der Waals surface area contributed by atoms with E-state index in [0.29, 0.717) is 23.7 Å². The molecule has 0 amide bonds. The molecule has 0 aliphatic carbocycles. The van der Waals surface area contributed by atoms with Crippen molar-refractivity contribution in [2.24, 2.45) is 0 Å². The van der Waals surface area contributed by atoms with E-state index in [0.717, 1.165) is 16.8 Å². The number of aliphatic hydroxyl groups is 1. The molecule has 0 saturated carbocycles. The smallest absolute Gasteiger partial charge is 0.137 e. The minimum absolute atomic E-state index is 0.178. The zero-order valence-electron chi connectivity index (χ0n) is 11.4. The number of anilines is 1. The molecule has 0 bridgehead atoms. The minimum atomic E-state index is 0.178. The highest BCUT2D eigenvalue weighted by Gasteiger charge is 2.02. The summed E-state index contributed by atoms with van der Waals surface area (Å²) in [5.41, 5.74) is 3.28. The fourth-order valence-electron chi connectivity index (χ4n) is 1.94. The zero-order valence-corrected chi connectivity index (χ0v) is 12.2. The van der Waals surface area contributed by atoms with E-state index in [-0.39, 0.29) is 6.61 Å². The summed E-state index contributed by atoms with van der Waals surface area (Å²) in [7, 11) is 1.61. The molecular weight excluding hydrogens is 274 g/mol. The monoisotopic (exact) mass is 291 g/mol. The first-order valence-electron chi connectivity index (χ1n) is 6.49. The molecule has 2 N–H and O–H groups in total. The third-order valence-electron chi connectivity index (χ3n) is 3.07. The summed E-state index contributed by atoms with van der Waals surface area (Å²) >= 11 is 5.99. The molecule has 0 heterocycles. The Morgan fingerprint density at radius 3 is 2.45 bits per heavy atom. The molecule has 0 unspecified atom stereocenters. The van der Waals surface area contributed by atoms with Crippen LogP contribution in [0.25, 0.3) is 0 Å². The van der Waals surface area contributed by atoms with Crippen molar-refractivity contribution in [2.75, 3.05) is 19.0 Å². The van der Waals surface area contributed by atoms with Crippen LogP contribution in [0.3, 0.4) is 0 Å². The maximum absolute atomic E-state index is 8.87. The lowest BCUT2D eigenvalue weighted by Gasteiger charge is -2.09. The third kappa shape index (κ3) is 3.89. The molecule has 0 fully saturated rings. The van der Waals surface area contributed by atoms with Gasteiger partial charge in [0.2, 0.25) is 0 Å². The molecule has 0 radical (unpaired) electrons. The van der Waals surface area contributed by atoms with Crippen LogP contribution in [0, 0.1) is 0 Å². The van der Waals surface area contributed by atoms with Crippen molar-refractivity contribution in [3.63, 3.8) is 0 Å². The van der Waals surface area contributed by atoms with Crippen LogP contribution >= 0.6 is 11.6 Å². The van der Waals surface area contributed by atoms with Gasteiger partial charge in [0, 0.05) is 18.8 Å². The van der Waals surface area contributed by atoms with Gasteiger partial charge in [-0.1, -0.05) is 29.8 Å². The topological polar surface area (TPSA) is 41.5 Å². The Kier molecular flexibility index (Phi) is 5.27. The van der Waals surface area contributed by atoms with Crippen LogP contribution in [0.1, 0.15) is 11.1 Å². The van der Waals surface area contributed by atoms with Crippen LogP contribution in [0.2, 0.25) is 5.02 Å². The molecular formula is C16H18ClNO2. The molecule has 0 aliphatic rings. The zero-order chi connectivity index (χ0) is 14.4. The van der Waals surface area contributed by atoms with Crippen LogP contribution in [0.5, 0.6) is 5.75 Å². The average Bonchev–Trinajstić information content (AvgIpc) is 2.48. The molecule has 2 aromatic rings. The van der Waals surface area contributed by atoms with E-state index >= 15 is 0 Å². The number of hydrogen-bond donors (Lipinski definition) is 2. The van der Waals surface area contributed by atoms with Crippen LogP contribution < -0.4 is 10.1 Å². The van der Waals surface area contributed by atoms with Crippen molar-refractivity contribution in [3.05, 3.63) is 58.6 Å². The fraction of sp³-hybridized carbons (Fsp3) is 0.250. The molecule has 20 heavy (non-hydrogen) atoms. The van der Waals surface area contributed by atoms with Crippen LogP contribution in [-0.4, -0.2) is 18.8 Å². The quantitative estimate of drug-likeness (QED) is 0.856. The number of benzene rings is 2. The number of aliphatic hydroxyl groups excluding tert-OH is 1. The maximum Gasteiger partial charge on any atom is 0.137 e. The van der Waals surface area contributed by atoms with E-state index in [2.05, 4.69) is 5.32 Å². The number of nitrogens with one attached hydrogen (secondary N) is 1. The van der Waals surface area contributed by atoms with Gasteiger partial charge in [-0.2, -0.15) is 0 Å². The molecule has 2 rings (SSSR count). The summed E-state index contributed by atoms with van der Waals surface area (Å²) in [4.78, 5) is 0. The van der Waals surface area contributed by atoms with Crippen molar-refractivity contribution in [2.45, 2.75) is 13.0 Å². The van der Waals surface area contributed by atoms with Crippen molar-refractivity contribution < 1.29 is 9.84 Å². The van der Waals surface area contributed by atoms with E-state index in [1.54, 1.807) is 7.11 Å². The second kappa shape index (κ2) is 7.17. The molecule has 0 spiro atoms.